The fourth-order valence-corrected chi connectivity index (χ4v) is 1.61. The first-order chi connectivity index (χ1) is 9.54. The zero-order chi connectivity index (χ0) is 15.0. The first-order valence-corrected chi connectivity index (χ1v) is 6.09. The molecule has 108 valence electrons. The fourth-order valence-electron chi connectivity index (χ4n) is 1.61. The Morgan fingerprint density at radius 2 is 1.80 bits per heavy atom. The molecule has 0 aliphatic rings. The standard InChI is InChI=1S/C13H17N3O4/c14-6-5-9-3-1-2-4-10(9)13(20)16-7-11(17)15-8-12(18)19/h1-4H,5-8,14H2,(H,15,17)(H,16,20)(H,18,19). The van der Waals surface area contributed by atoms with Crippen molar-refractivity contribution in [2.24, 2.45) is 5.73 Å². The van der Waals surface area contributed by atoms with Gasteiger partial charge in [-0.15, -0.1) is 0 Å². The summed E-state index contributed by atoms with van der Waals surface area (Å²) in [6, 6.07) is 6.97. The van der Waals surface area contributed by atoms with Gasteiger partial charge < -0.3 is 21.5 Å². The maximum Gasteiger partial charge on any atom is 0.322 e. The summed E-state index contributed by atoms with van der Waals surface area (Å²) in [4.78, 5) is 33.5. The Labute approximate surface area is 116 Å². The zero-order valence-electron chi connectivity index (χ0n) is 10.9. The van der Waals surface area contributed by atoms with E-state index in [-0.39, 0.29) is 12.5 Å². The van der Waals surface area contributed by atoms with Crippen molar-refractivity contribution in [2.75, 3.05) is 19.6 Å². The molecule has 0 spiro atoms. The van der Waals surface area contributed by atoms with Crippen LogP contribution in [0.3, 0.4) is 0 Å². The number of nitrogens with one attached hydrogen (secondary N) is 2. The minimum Gasteiger partial charge on any atom is -0.480 e. The van der Waals surface area contributed by atoms with Gasteiger partial charge in [0.15, 0.2) is 0 Å². The summed E-state index contributed by atoms with van der Waals surface area (Å²) in [5.74, 6) is -2.09. The van der Waals surface area contributed by atoms with Gasteiger partial charge in [-0.2, -0.15) is 0 Å². The van der Waals surface area contributed by atoms with Crippen LogP contribution in [0.1, 0.15) is 15.9 Å². The number of hydrogen-bond acceptors (Lipinski definition) is 4. The molecule has 0 heterocycles. The number of hydrogen-bond donors (Lipinski definition) is 4. The second-order valence-corrected chi connectivity index (χ2v) is 4.05. The Bertz CT molecular complexity index is 502. The summed E-state index contributed by atoms with van der Waals surface area (Å²) in [6.45, 7) is -0.328. The van der Waals surface area contributed by atoms with Crippen LogP contribution in [-0.2, 0) is 16.0 Å². The zero-order valence-corrected chi connectivity index (χ0v) is 10.9. The van der Waals surface area contributed by atoms with Gasteiger partial charge in [0.1, 0.15) is 6.54 Å². The van der Waals surface area contributed by atoms with Crippen molar-refractivity contribution in [3.8, 4) is 0 Å². The Balaban J connectivity index is 2.54. The third kappa shape index (κ3) is 5.07. The Morgan fingerprint density at radius 3 is 2.45 bits per heavy atom. The van der Waals surface area contributed by atoms with E-state index in [1.54, 1.807) is 24.3 Å². The van der Waals surface area contributed by atoms with Crippen molar-refractivity contribution >= 4 is 17.8 Å². The monoisotopic (exact) mass is 279 g/mol. The molecule has 0 fully saturated rings. The second kappa shape index (κ2) is 7.90. The minimum absolute atomic E-state index is 0.275. The lowest BCUT2D eigenvalue weighted by Crippen LogP contribution is -2.39. The van der Waals surface area contributed by atoms with E-state index >= 15 is 0 Å². The van der Waals surface area contributed by atoms with Gasteiger partial charge in [-0.1, -0.05) is 18.2 Å². The highest BCUT2D eigenvalue weighted by Crippen LogP contribution is 2.08. The van der Waals surface area contributed by atoms with Crippen LogP contribution in [-0.4, -0.2) is 42.5 Å². The predicted molar refractivity (Wildman–Crippen MR) is 72.2 cm³/mol. The number of aliphatic carboxylic acids is 1. The van der Waals surface area contributed by atoms with E-state index in [1.165, 1.54) is 0 Å². The largest absolute Gasteiger partial charge is 0.480 e. The molecule has 0 radical (unpaired) electrons. The molecular weight excluding hydrogens is 262 g/mol. The van der Waals surface area contributed by atoms with Crippen LogP contribution in [0.2, 0.25) is 0 Å². The summed E-state index contributed by atoms with van der Waals surface area (Å²) in [6.07, 6.45) is 0.564. The third-order valence-corrected chi connectivity index (χ3v) is 2.52. The van der Waals surface area contributed by atoms with Gasteiger partial charge in [0.05, 0.1) is 6.54 Å². The van der Waals surface area contributed by atoms with Gasteiger partial charge in [-0.25, -0.2) is 0 Å². The van der Waals surface area contributed by atoms with Crippen molar-refractivity contribution in [3.05, 3.63) is 35.4 Å². The number of carboxylic acids is 1. The van der Waals surface area contributed by atoms with Crippen LogP contribution < -0.4 is 16.4 Å². The molecule has 0 bridgehead atoms. The SMILES string of the molecule is NCCc1ccccc1C(=O)NCC(=O)NCC(=O)O. The molecule has 7 heteroatoms. The fraction of sp³-hybridized carbons (Fsp3) is 0.308. The Morgan fingerprint density at radius 1 is 1.10 bits per heavy atom. The smallest absolute Gasteiger partial charge is 0.322 e. The van der Waals surface area contributed by atoms with Crippen molar-refractivity contribution in [1.82, 2.24) is 10.6 Å². The normalized spacial score (nSPS) is 9.85. The van der Waals surface area contributed by atoms with Crippen LogP contribution in [0.5, 0.6) is 0 Å². The molecule has 0 atom stereocenters. The highest BCUT2D eigenvalue weighted by atomic mass is 16.4. The van der Waals surface area contributed by atoms with Gasteiger partial charge in [0.25, 0.3) is 5.91 Å². The number of nitrogens with two attached hydrogens (primary N) is 1. The van der Waals surface area contributed by atoms with E-state index in [0.29, 0.717) is 18.5 Å². The van der Waals surface area contributed by atoms with Crippen LogP contribution in [0.15, 0.2) is 24.3 Å². The topological polar surface area (TPSA) is 122 Å². The number of amides is 2. The maximum absolute atomic E-state index is 11.9. The molecule has 0 aromatic heterocycles. The van der Waals surface area contributed by atoms with Crippen molar-refractivity contribution in [2.45, 2.75) is 6.42 Å². The van der Waals surface area contributed by atoms with E-state index in [1.807, 2.05) is 0 Å². The van der Waals surface area contributed by atoms with E-state index < -0.39 is 18.4 Å². The van der Waals surface area contributed by atoms with Gasteiger partial charge in [0, 0.05) is 5.56 Å². The lowest BCUT2D eigenvalue weighted by molar-refractivity contribution is -0.137. The number of carbonyl (C=O) groups excluding carboxylic acids is 2. The molecule has 7 nitrogen and oxygen atoms in total. The molecule has 2 amide bonds. The predicted octanol–water partition coefficient (Wildman–Crippen LogP) is -0.882. The lowest BCUT2D eigenvalue weighted by atomic mass is 10.0. The van der Waals surface area contributed by atoms with Gasteiger partial charge in [-0.3, -0.25) is 14.4 Å². The highest BCUT2D eigenvalue weighted by molar-refractivity contribution is 5.97. The first-order valence-electron chi connectivity index (χ1n) is 6.09. The highest BCUT2D eigenvalue weighted by Gasteiger charge is 2.11. The summed E-state index contributed by atoms with van der Waals surface area (Å²) in [5, 5.41) is 13.0. The molecule has 20 heavy (non-hydrogen) atoms. The molecule has 0 saturated heterocycles. The molecule has 0 saturated carbocycles. The summed E-state index contributed by atoms with van der Waals surface area (Å²) in [7, 11) is 0. The average molecular weight is 279 g/mol. The average Bonchev–Trinajstić information content (AvgIpc) is 2.43. The molecular formula is C13H17N3O4. The van der Waals surface area contributed by atoms with E-state index in [0.717, 1.165) is 5.56 Å². The van der Waals surface area contributed by atoms with E-state index in [9.17, 15) is 14.4 Å². The molecule has 0 unspecified atom stereocenters. The van der Waals surface area contributed by atoms with Crippen LogP contribution in [0.4, 0.5) is 0 Å². The molecule has 0 aliphatic carbocycles. The Kier molecular flexibility index (Phi) is 6.18. The molecule has 1 aromatic carbocycles. The first kappa shape index (κ1) is 15.6. The van der Waals surface area contributed by atoms with Crippen LogP contribution in [0.25, 0.3) is 0 Å². The molecule has 1 aromatic rings. The second-order valence-electron chi connectivity index (χ2n) is 4.05. The number of carbonyl (C=O) groups is 3. The van der Waals surface area contributed by atoms with E-state index in [4.69, 9.17) is 10.8 Å². The number of carboxylic acid groups (broad SMARTS) is 1. The minimum atomic E-state index is -1.14. The quantitative estimate of drug-likeness (QED) is 0.516. The van der Waals surface area contributed by atoms with Gasteiger partial charge in [-0.05, 0) is 24.6 Å². The summed E-state index contributed by atoms with van der Waals surface area (Å²) < 4.78 is 0. The Hall–Kier alpha value is -2.41. The van der Waals surface area contributed by atoms with Crippen molar-refractivity contribution < 1.29 is 19.5 Å². The van der Waals surface area contributed by atoms with Crippen LogP contribution in [0, 0.1) is 0 Å². The molecule has 1 rings (SSSR count). The summed E-state index contributed by atoms with van der Waals surface area (Å²) in [5.41, 5.74) is 6.73. The van der Waals surface area contributed by atoms with Gasteiger partial charge in [0.2, 0.25) is 5.91 Å². The number of benzene rings is 1. The van der Waals surface area contributed by atoms with Crippen molar-refractivity contribution in [3.63, 3.8) is 0 Å². The molecule has 5 N–H and O–H groups in total. The summed E-state index contributed by atoms with van der Waals surface area (Å²) >= 11 is 0. The van der Waals surface area contributed by atoms with Crippen molar-refractivity contribution in [1.29, 1.82) is 0 Å². The number of rotatable bonds is 7. The lowest BCUT2D eigenvalue weighted by Gasteiger charge is -2.09. The van der Waals surface area contributed by atoms with Crippen LogP contribution >= 0.6 is 0 Å². The maximum atomic E-state index is 11.9. The van der Waals surface area contributed by atoms with E-state index in [2.05, 4.69) is 10.6 Å². The third-order valence-electron chi connectivity index (χ3n) is 2.52. The van der Waals surface area contributed by atoms with Gasteiger partial charge >= 0.3 is 5.97 Å². The molecule has 0 aliphatic heterocycles.